The fourth-order valence-corrected chi connectivity index (χ4v) is 3.55. The van der Waals surface area contributed by atoms with Gasteiger partial charge in [-0.1, -0.05) is 115 Å². The highest BCUT2D eigenvalue weighted by atomic mass is 14.2. The van der Waals surface area contributed by atoms with Crippen molar-refractivity contribution in [1.29, 1.82) is 0 Å². The predicted octanol–water partition coefficient (Wildman–Crippen LogP) is 6.76. The van der Waals surface area contributed by atoms with Crippen molar-refractivity contribution in [2.75, 3.05) is 0 Å². The maximum Gasteiger partial charge on any atom is 0.0125 e. The van der Waals surface area contributed by atoms with Gasteiger partial charge in [0.25, 0.3) is 0 Å². The molecule has 1 aliphatic rings. The van der Waals surface area contributed by atoms with E-state index in [0.717, 1.165) is 0 Å². The average molecular weight is 334 g/mol. The first kappa shape index (κ1) is 16.4. The number of hydrogen-bond acceptors (Lipinski definition) is 0. The lowest BCUT2D eigenvalue weighted by atomic mass is 9.81. The molecule has 0 amide bonds. The lowest BCUT2D eigenvalue weighted by Gasteiger charge is -2.22. The summed E-state index contributed by atoms with van der Waals surface area (Å²) < 4.78 is 0. The minimum absolute atomic E-state index is 0.330. The summed E-state index contributed by atoms with van der Waals surface area (Å²) in [6, 6.07) is 32.1. The van der Waals surface area contributed by atoms with Crippen LogP contribution in [-0.4, -0.2) is 0 Å². The molecule has 0 aromatic heterocycles. The highest BCUT2D eigenvalue weighted by Gasteiger charge is 2.21. The molecule has 3 aromatic carbocycles. The van der Waals surface area contributed by atoms with Crippen LogP contribution in [0.5, 0.6) is 0 Å². The van der Waals surface area contributed by atoms with Crippen LogP contribution < -0.4 is 0 Å². The molecule has 0 spiro atoms. The molecule has 0 N–H and O–H groups in total. The Hall–Kier alpha value is -3.12. The van der Waals surface area contributed by atoms with Crippen LogP contribution in [0.2, 0.25) is 0 Å². The topological polar surface area (TPSA) is 0 Å². The van der Waals surface area contributed by atoms with Crippen LogP contribution in [0.15, 0.2) is 121 Å². The van der Waals surface area contributed by atoms with Crippen LogP contribution in [0.3, 0.4) is 0 Å². The fraction of sp³-hybridized carbons (Fsp3) is 0.0769. The van der Waals surface area contributed by atoms with E-state index in [9.17, 15) is 0 Å². The lowest BCUT2D eigenvalue weighted by molar-refractivity contribution is 0.741. The van der Waals surface area contributed by atoms with Crippen molar-refractivity contribution in [2.24, 2.45) is 0 Å². The quantitative estimate of drug-likeness (QED) is 0.496. The van der Waals surface area contributed by atoms with Crippen LogP contribution in [0, 0.1) is 0 Å². The molecular formula is C26H22. The maximum atomic E-state index is 2.35. The third-order valence-electron chi connectivity index (χ3n) is 4.88. The Morgan fingerprint density at radius 2 is 0.923 bits per heavy atom. The molecule has 0 heterocycles. The second kappa shape index (κ2) is 7.84. The molecule has 0 radical (unpaired) electrons. The van der Waals surface area contributed by atoms with Crippen LogP contribution in [0.4, 0.5) is 0 Å². The number of rotatable bonds is 3. The molecule has 3 aromatic rings. The van der Waals surface area contributed by atoms with E-state index < -0.39 is 0 Å². The van der Waals surface area contributed by atoms with Gasteiger partial charge in [0.2, 0.25) is 0 Å². The summed E-state index contributed by atoms with van der Waals surface area (Å²) in [5.41, 5.74) is 5.16. The molecule has 0 saturated carbocycles. The fourth-order valence-electron chi connectivity index (χ4n) is 3.55. The molecule has 126 valence electrons. The van der Waals surface area contributed by atoms with E-state index in [1.54, 1.807) is 0 Å². The summed E-state index contributed by atoms with van der Waals surface area (Å²) in [4.78, 5) is 0. The first-order valence-electron chi connectivity index (χ1n) is 9.13. The molecule has 0 fully saturated rings. The molecule has 4 rings (SSSR count). The Morgan fingerprint density at radius 1 is 0.500 bits per heavy atom. The van der Waals surface area contributed by atoms with Crippen molar-refractivity contribution in [3.63, 3.8) is 0 Å². The normalized spacial score (nSPS) is 19.2. The van der Waals surface area contributed by atoms with Crippen molar-refractivity contribution in [2.45, 2.75) is 11.8 Å². The molecule has 0 nitrogen and oxygen atoms in total. The molecule has 1 aliphatic carbocycles. The molecular weight excluding hydrogens is 312 g/mol. The van der Waals surface area contributed by atoms with Crippen molar-refractivity contribution in [3.8, 4) is 0 Å². The molecule has 0 aliphatic heterocycles. The van der Waals surface area contributed by atoms with E-state index in [-0.39, 0.29) is 0 Å². The third-order valence-corrected chi connectivity index (χ3v) is 4.88. The number of hydrogen-bond donors (Lipinski definition) is 0. The monoisotopic (exact) mass is 334 g/mol. The summed E-state index contributed by atoms with van der Waals surface area (Å²) in [6.45, 7) is 0. The maximum absolute atomic E-state index is 2.35. The summed E-state index contributed by atoms with van der Waals surface area (Å²) in [5.74, 6) is 0.660. The van der Waals surface area contributed by atoms with E-state index in [1.807, 2.05) is 0 Å². The third kappa shape index (κ3) is 3.75. The molecule has 0 saturated heterocycles. The smallest absolute Gasteiger partial charge is 0.0125 e. The lowest BCUT2D eigenvalue weighted by Crippen LogP contribution is -2.06. The van der Waals surface area contributed by atoms with Gasteiger partial charge in [0.1, 0.15) is 0 Å². The Morgan fingerprint density at radius 3 is 1.38 bits per heavy atom. The van der Waals surface area contributed by atoms with Crippen molar-refractivity contribution in [3.05, 3.63) is 138 Å². The minimum Gasteiger partial charge on any atom is -0.0755 e. The molecule has 0 unspecified atom stereocenters. The second-order valence-electron chi connectivity index (χ2n) is 6.65. The van der Waals surface area contributed by atoms with Gasteiger partial charge in [0.05, 0.1) is 0 Å². The zero-order valence-corrected chi connectivity index (χ0v) is 14.7. The van der Waals surface area contributed by atoms with Crippen LogP contribution in [-0.2, 0) is 0 Å². The largest absolute Gasteiger partial charge is 0.0755 e. The van der Waals surface area contributed by atoms with E-state index in [1.165, 1.54) is 22.3 Å². The molecule has 2 atom stereocenters. The second-order valence-corrected chi connectivity index (χ2v) is 6.65. The summed E-state index contributed by atoms with van der Waals surface area (Å²) >= 11 is 0. The van der Waals surface area contributed by atoms with Gasteiger partial charge in [-0.15, -0.1) is 0 Å². The summed E-state index contributed by atoms with van der Waals surface area (Å²) in [6.07, 6.45) is 11.4. The van der Waals surface area contributed by atoms with Crippen molar-refractivity contribution < 1.29 is 0 Å². The Kier molecular flexibility index (Phi) is 4.93. The zero-order valence-electron chi connectivity index (χ0n) is 14.7. The summed E-state index contributed by atoms with van der Waals surface area (Å²) in [7, 11) is 0. The van der Waals surface area contributed by atoms with Crippen molar-refractivity contribution >= 4 is 6.08 Å². The zero-order chi connectivity index (χ0) is 17.6. The van der Waals surface area contributed by atoms with E-state index >= 15 is 0 Å². The molecule has 0 bridgehead atoms. The average Bonchev–Trinajstić information content (AvgIpc) is 2.93. The van der Waals surface area contributed by atoms with Gasteiger partial charge in [0, 0.05) is 11.8 Å². The highest BCUT2D eigenvalue weighted by molar-refractivity contribution is 5.60. The van der Waals surface area contributed by atoms with Crippen LogP contribution >= 0.6 is 0 Å². The Labute approximate surface area is 155 Å². The molecule has 26 heavy (non-hydrogen) atoms. The SMILES string of the molecule is C1=C[C@H](c2ccccc2)[C@@H](c2ccccc2)C=CC1=Cc1ccccc1. The van der Waals surface area contributed by atoms with Gasteiger partial charge in [-0.05, 0) is 28.3 Å². The van der Waals surface area contributed by atoms with Gasteiger partial charge in [-0.25, -0.2) is 0 Å². The van der Waals surface area contributed by atoms with Gasteiger partial charge in [-0.2, -0.15) is 0 Å². The van der Waals surface area contributed by atoms with Gasteiger partial charge >= 0.3 is 0 Å². The van der Waals surface area contributed by atoms with E-state index in [0.29, 0.717) is 11.8 Å². The Bertz CT molecular complexity index is 858. The predicted molar refractivity (Wildman–Crippen MR) is 111 cm³/mol. The van der Waals surface area contributed by atoms with Gasteiger partial charge in [-0.3, -0.25) is 0 Å². The van der Waals surface area contributed by atoms with E-state index in [2.05, 4.69) is 121 Å². The first-order valence-corrected chi connectivity index (χ1v) is 9.13. The standard InChI is InChI=1S/C26H22/c1-4-10-21(11-5-1)20-22-16-18-25(23-12-6-2-7-13-23)26(19-17-22)24-14-8-3-9-15-24/h1-20,25-26H/t25-,26-/m1/s1. The van der Waals surface area contributed by atoms with Gasteiger partial charge in [0.15, 0.2) is 0 Å². The van der Waals surface area contributed by atoms with Gasteiger partial charge < -0.3 is 0 Å². The van der Waals surface area contributed by atoms with E-state index in [4.69, 9.17) is 0 Å². The van der Waals surface area contributed by atoms with Crippen molar-refractivity contribution in [1.82, 2.24) is 0 Å². The number of allylic oxidation sites excluding steroid dienone is 5. The first-order chi connectivity index (χ1) is 12.9. The Balaban J connectivity index is 1.75. The highest BCUT2D eigenvalue weighted by Crippen LogP contribution is 2.37. The minimum atomic E-state index is 0.330. The summed E-state index contributed by atoms with van der Waals surface area (Å²) in [5, 5.41) is 0. The number of benzene rings is 3. The van der Waals surface area contributed by atoms with Crippen LogP contribution in [0.1, 0.15) is 28.5 Å². The van der Waals surface area contributed by atoms with Crippen LogP contribution in [0.25, 0.3) is 6.08 Å². The molecule has 0 heteroatoms.